The van der Waals surface area contributed by atoms with Gasteiger partial charge in [0.05, 0.1) is 0 Å². The Kier molecular flexibility index (Phi) is 5.39. The topological polar surface area (TPSA) is 37.8 Å². The van der Waals surface area contributed by atoms with E-state index in [4.69, 9.17) is 11.6 Å². The van der Waals surface area contributed by atoms with E-state index in [9.17, 15) is 0 Å². The average Bonchev–Trinajstić information content (AvgIpc) is 2.26. The molecular weight excluding hydrogens is 246 g/mol. The zero-order valence-electron chi connectivity index (χ0n) is 12.0. The fourth-order valence-corrected chi connectivity index (χ4v) is 2.11. The number of hydrogen-bond donors (Lipinski definition) is 1. The molecule has 0 saturated carbocycles. The summed E-state index contributed by atoms with van der Waals surface area (Å²) < 4.78 is 0. The van der Waals surface area contributed by atoms with Gasteiger partial charge in [-0.05, 0) is 25.2 Å². The third-order valence-electron chi connectivity index (χ3n) is 3.02. The Labute approximate surface area is 115 Å². The lowest BCUT2D eigenvalue weighted by Crippen LogP contribution is -2.34. The van der Waals surface area contributed by atoms with Crippen molar-refractivity contribution in [3.63, 3.8) is 0 Å². The zero-order chi connectivity index (χ0) is 13.8. The van der Waals surface area contributed by atoms with Crippen LogP contribution in [0.5, 0.6) is 0 Å². The standard InChI is InChI=1S/C14H24ClN3/c1-6-11-9-13(17-10(2)16-11)18-12(7-8-15)14(3,4)5/h9,12H,6-8H2,1-5H3,(H,16,17,18). The molecule has 1 atom stereocenters. The van der Waals surface area contributed by atoms with Crippen LogP contribution in [0, 0.1) is 12.3 Å². The highest BCUT2D eigenvalue weighted by molar-refractivity contribution is 6.17. The van der Waals surface area contributed by atoms with Crippen LogP contribution >= 0.6 is 11.6 Å². The number of aryl methyl sites for hydroxylation is 2. The molecule has 0 aliphatic heterocycles. The summed E-state index contributed by atoms with van der Waals surface area (Å²) >= 11 is 5.89. The van der Waals surface area contributed by atoms with Gasteiger partial charge in [0.2, 0.25) is 0 Å². The molecule has 0 fully saturated rings. The normalized spacial score (nSPS) is 13.4. The maximum Gasteiger partial charge on any atom is 0.130 e. The van der Waals surface area contributed by atoms with Crippen LogP contribution in [0.25, 0.3) is 0 Å². The number of hydrogen-bond acceptors (Lipinski definition) is 3. The van der Waals surface area contributed by atoms with Crippen LogP contribution in [0.2, 0.25) is 0 Å². The minimum absolute atomic E-state index is 0.153. The first-order valence-corrected chi connectivity index (χ1v) is 7.07. The summed E-state index contributed by atoms with van der Waals surface area (Å²) in [5.41, 5.74) is 1.23. The Bertz CT molecular complexity index is 385. The van der Waals surface area contributed by atoms with E-state index in [1.807, 2.05) is 13.0 Å². The molecule has 18 heavy (non-hydrogen) atoms. The van der Waals surface area contributed by atoms with Crippen molar-refractivity contribution in [2.24, 2.45) is 5.41 Å². The Morgan fingerprint density at radius 3 is 2.50 bits per heavy atom. The van der Waals surface area contributed by atoms with E-state index in [0.29, 0.717) is 11.9 Å². The monoisotopic (exact) mass is 269 g/mol. The SMILES string of the molecule is CCc1cc(NC(CCCl)C(C)(C)C)nc(C)n1. The van der Waals surface area contributed by atoms with E-state index in [1.54, 1.807) is 0 Å². The molecule has 1 unspecified atom stereocenters. The maximum absolute atomic E-state index is 5.89. The van der Waals surface area contributed by atoms with E-state index in [1.165, 1.54) is 0 Å². The van der Waals surface area contributed by atoms with Crippen molar-refractivity contribution in [3.05, 3.63) is 17.6 Å². The minimum atomic E-state index is 0.153. The summed E-state index contributed by atoms with van der Waals surface area (Å²) in [6.45, 7) is 10.7. The smallest absolute Gasteiger partial charge is 0.130 e. The second-order valence-corrected chi connectivity index (χ2v) is 6.06. The number of aromatic nitrogens is 2. The number of halogens is 1. The highest BCUT2D eigenvalue weighted by Gasteiger charge is 2.24. The summed E-state index contributed by atoms with van der Waals surface area (Å²) in [5, 5.41) is 3.50. The van der Waals surface area contributed by atoms with Crippen LogP contribution in [-0.4, -0.2) is 21.9 Å². The number of anilines is 1. The molecule has 0 aliphatic carbocycles. The molecule has 1 N–H and O–H groups in total. The van der Waals surface area contributed by atoms with Crippen molar-refractivity contribution in [1.29, 1.82) is 0 Å². The van der Waals surface area contributed by atoms with Gasteiger partial charge in [-0.3, -0.25) is 0 Å². The lowest BCUT2D eigenvalue weighted by atomic mass is 9.85. The van der Waals surface area contributed by atoms with E-state index in [0.717, 1.165) is 30.2 Å². The first-order valence-electron chi connectivity index (χ1n) is 6.54. The third-order valence-corrected chi connectivity index (χ3v) is 3.24. The van der Waals surface area contributed by atoms with Crippen molar-refractivity contribution >= 4 is 17.4 Å². The van der Waals surface area contributed by atoms with E-state index < -0.39 is 0 Å². The summed E-state index contributed by atoms with van der Waals surface area (Å²) in [5.74, 6) is 2.37. The highest BCUT2D eigenvalue weighted by atomic mass is 35.5. The van der Waals surface area contributed by atoms with Crippen LogP contribution < -0.4 is 5.32 Å². The molecule has 0 radical (unpaired) electrons. The molecule has 1 aromatic rings. The van der Waals surface area contributed by atoms with Crippen molar-refractivity contribution < 1.29 is 0 Å². The predicted octanol–water partition coefficient (Wildman–Crippen LogP) is 3.80. The molecule has 3 nitrogen and oxygen atoms in total. The number of nitrogens with zero attached hydrogens (tertiary/aromatic N) is 2. The summed E-state index contributed by atoms with van der Waals surface area (Å²) in [6.07, 6.45) is 1.85. The highest BCUT2D eigenvalue weighted by Crippen LogP contribution is 2.25. The molecule has 0 amide bonds. The molecule has 0 bridgehead atoms. The lowest BCUT2D eigenvalue weighted by molar-refractivity contribution is 0.334. The number of alkyl halides is 1. The Morgan fingerprint density at radius 2 is 2.00 bits per heavy atom. The van der Waals surface area contributed by atoms with E-state index in [-0.39, 0.29) is 5.41 Å². The van der Waals surface area contributed by atoms with Gasteiger partial charge in [0.15, 0.2) is 0 Å². The average molecular weight is 270 g/mol. The van der Waals surface area contributed by atoms with Crippen molar-refractivity contribution in [3.8, 4) is 0 Å². The molecular formula is C14H24ClN3. The lowest BCUT2D eigenvalue weighted by Gasteiger charge is -2.31. The van der Waals surface area contributed by atoms with Gasteiger partial charge in [-0.25, -0.2) is 9.97 Å². The molecule has 1 heterocycles. The first kappa shape index (κ1) is 15.2. The molecule has 102 valence electrons. The number of rotatable bonds is 5. The molecule has 1 aromatic heterocycles. The second kappa shape index (κ2) is 6.37. The van der Waals surface area contributed by atoms with Gasteiger partial charge in [0.1, 0.15) is 11.6 Å². The van der Waals surface area contributed by atoms with Crippen LogP contribution in [0.4, 0.5) is 5.82 Å². The fraction of sp³-hybridized carbons (Fsp3) is 0.714. The van der Waals surface area contributed by atoms with Gasteiger partial charge in [-0.15, -0.1) is 11.6 Å². The third kappa shape index (κ3) is 4.45. The van der Waals surface area contributed by atoms with Crippen LogP contribution in [0.1, 0.15) is 45.6 Å². The van der Waals surface area contributed by atoms with Gasteiger partial charge in [-0.2, -0.15) is 0 Å². The fourth-order valence-electron chi connectivity index (χ4n) is 1.89. The zero-order valence-corrected chi connectivity index (χ0v) is 12.8. The Balaban J connectivity index is 2.90. The Morgan fingerprint density at radius 1 is 1.33 bits per heavy atom. The second-order valence-electron chi connectivity index (χ2n) is 5.69. The summed E-state index contributed by atoms with van der Waals surface area (Å²) in [4.78, 5) is 8.84. The predicted molar refractivity (Wildman–Crippen MR) is 78.3 cm³/mol. The molecule has 0 saturated heterocycles. The van der Waals surface area contributed by atoms with Crippen molar-refractivity contribution in [1.82, 2.24) is 9.97 Å². The summed E-state index contributed by atoms with van der Waals surface area (Å²) in [7, 11) is 0. The quantitative estimate of drug-likeness (QED) is 0.826. The largest absolute Gasteiger partial charge is 0.367 e. The minimum Gasteiger partial charge on any atom is -0.367 e. The van der Waals surface area contributed by atoms with Gasteiger partial charge in [0, 0.05) is 23.7 Å². The molecule has 0 aliphatic rings. The van der Waals surface area contributed by atoms with Crippen molar-refractivity contribution in [2.75, 3.05) is 11.2 Å². The molecule has 1 rings (SSSR count). The van der Waals surface area contributed by atoms with Gasteiger partial charge in [0.25, 0.3) is 0 Å². The van der Waals surface area contributed by atoms with E-state index >= 15 is 0 Å². The first-order chi connectivity index (χ1) is 8.36. The van der Waals surface area contributed by atoms with Crippen molar-refractivity contribution in [2.45, 2.75) is 53.5 Å². The molecule has 0 spiro atoms. The summed E-state index contributed by atoms with van der Waals surface area (Å²) in [6, 6.07) is 2.34. The van der Waals surface area contributed by atoms with Gasteiger partial charge in [-0.1, -0.05) is 27.7 Å². The van der Waals surface area contributed by atoms with Crippen LogP contribution in [0.3, 0.4) is 0 Å². The van der Waals surface area contributed by atoms with Gasteiger partial charge >= 0.3 is 0 Å². The molecule has 0 aromatic carbocycles. The molecule has 4 heteroatoms. The van der Waals surface area contributed by atoms with E-state index in [2.05, 4.69) is 43.0 Å². The van der Waals surface area contributed by atoms with Gasteiger partial charge < -0.3 is 5.32 Å². The van der Waals surface area contributed by atoms with Crippen LogP contribution in [-0.2, 0) is 6.42 Å². The maximum atomic E-state index is 5.89. The van der Waals surface area contributed by atoms with Crippen LogP contribution in [0.15, 0.2) is 6.07 Å². The number of nitrogens with one attached hydrogen (secondary N) is 1. The Hall–Kier alpha value is -0.830.